The van der Waals surface area contributed by atoms with Crippen LogP contribution in [0.3, 0.4) is 0 Å². The minimum Gasteiger partial charge on any atom is -0.369 e. The molecule has 0 aromatic heterocycles. The maximum atomic E-state index is 12.4. The van der Waals surface area contributed by atoms with Gasteiger partial charge in [0.15, 0.2) is 0 Å². The molecule has 0 aliphatic carbocycles. The number of benzene rings is 1. The molecule has 0 atom stereocenters. The number of carbonyl (C=O) groups excluding carboxylic acids is 1. The number of amides is 1. The Balaban J connectivity index is 3.26. The first-order chi connectivity index (χ1) is 8.26. The molecule has 1 aromatic rings. The van der Waals surface area contributed by atoms with E-state index in [9.17, 15) is 13.2 Å². The van der Waals surface area contributed by atoms with Gasteiger partial charge in [-0.3, -0.25) is 4.79 Å². The zero-order valence-corrected chi connectivity index (χ0v) is 12.5. The van der Waals surface area contributed by atoms with E-state index in [1.165, 1.54) is 6.07 Å². The van der Waals surface area contributed by atoms with E-state index in [1.54, 1.807) is 32.0 Å². The second-order valence-electron chi connectivity index (χ2n) is 4.04. The van der Waals surface area contributed by atoms with Crippen molar-refractivity contribution in [1.82, 2.24) is 4.31 Å². The summed E-state index contributed by atoms with van der Waals surface area (Å²) in [5, 5.41) is 0. The first-order valence-electron chi connectivity index (χ1n) is 5.31. The van der Waals surface area contributed by atoms with E-state index >= 15 is 0 Å². The second kappa shape index (κ2) is 5.81. The standard InChI is InChI=1S/C11H15BrN2O3S/c1-8(2)14(7-11(13)15)18(16,17)10-6-4-3-5-9(10)12/h3-6,8H,7H2,1-2H3,(H2,13,15). The van der Waals surface area contributed by atoms with Crippen LogP contribution in [-0.2, 0) is 14.8 Å². The van der Waals surface area contributed by atoms with Crippen LogP contribution in [0.4, 0.5) is 0 Å². The molecule has 0 spiro atoms. The van der Waals surface area contributed by atoms with Crippen LogP contribution in [0.15, 0.2) is 33.6 Å². The topological polar surface area (TPSA) is 80.5 Å². The zero-order chi connectivity index (χ0) is 13.9. The van der Waals surface area contributed by atoms with Gasteiger partial charge in [-0.1, -0.05) is 12.1 Å². The lowest BCUT2D eigenvalue weighted by Gasteiger charge is -2.24. The van der Waals surface area contributed by atoms with Crippen LogP contribution in [0.25, 0.3) is 0 Å². The highest BCUT2D eigenvalue weighted by Crippen LogP contribution is 2.25. The van der Waals surface area contributed by atoms with Gasteiger partial charge in [0.05, 0.1) is 11.4 Å². The highest BCUT2D eigenvalue weighted by Gasteiger charge is 2.29. The van der Waals surface area contributed by atoms with Crippen molar-refractivity contribution in [3.8, 4) is 0 Å². The van der Waals surface area contributed by atoms with E-state index in [0.717, 1.165) is 4.31 Å². The molecule has 0 aliphatic rings. The second-order valence-corrected chi connectivity index (χ2v) is 6.75. The van der Waals surface area contributed by atoms with Crippen LogP contribution >= 0.6 is 15.9 Å². The number of rotatable bonds is 5. The Hall–Kier alpha value is -0.920. The van der Waals surface area contributed by atoms with Gasteiger partial charge in [0.2, 0.25) is 15.9 Å². The minimum absolute atomic E-state index is 0.125. The normalized spacial score (nSPS) is 12.1. The molecule has 0 saturated heterocycles. The number of nitrogens with two attached hydrogens (primary N) is 1. The molecule has 1 amide bonds. The maximum Gasteiger partial charge on any atom is 0.244 e. The Morgan fingerprint density at radius 1 is 1.39 bits per heavy atom. The summed E-state index contributed by atoms with van der Waals surface area (Å²) in [6.07, 6.45) is 0. The fourth-order valence-electron chi connectivity index (χ4n) is 1.48. The summed E-state index contributed by atoms with van der Waals surface area (Å²) in [6.45, 7) is 3.05. The SMILES string of the molecule is CC(C)N(CC(N)=O)S(=O)(=O)c1ccccc1Br. The van der Waals surface area contributed by atoms with Crippen molar-refractivity contribution in [2.24, 2.45) is 5.73 Å². The molecule has 1 aromatic carbocycles. The summed E-state index contributed by atoms with van der Waals surface area (Å²) in [5.74, 6) is -0.681. The fraction of sp³-hybridized carbons (Fsp3) is 0.364. The predicted molar refractivity (Wildman–Crippen MR) is 72.4 cm³/mol. The molecule has 2 N–H and O–H groups in total. The van der Waals surface area contributed by atoms with Gasteiger partial charge >= 0.3 is 0 Å². The van der Waals surface area contributed by atoms with Crippen LogP contribution in [-0.4, -0.2) is 31.2 Å². The summed E-state index contributed by atoms with van der Waals surface area (Å²) in [6, 6.07) is 6.11. The van der Waals surface area contributed by atoms with Crippen molar-refractivity contribution in [3.63, 3.8) is 0 Å². The molecular weight excluding hydrogens is 320 g/mol. The lowest BCUT2D eigenvalue weighted by atomic mass is 10.4. The van der Waals surface area contributed by atoms with Crippen molar-refractivity contribution < 1.29 is 13.2 Å². The molecule has 0 unspecified atom stereocenters. The smallest absolute Gasteiger partial charge is 0.244 e. The largest absolute Gasteiger partial charge is 0.369 e. The molecule has 1 rings (SSSR count). The van der Waals surface area contributed by atoms with Crippen molar-refractivity contribution in [3.05, 3.63) is 28.7 Å². The quantitative estimate of drug-likeness (QED) is 0.882. The number of hydrogen-bond donors (Lipinski definition) is 1. The van der Waals surface area contributed by atoms with Gasteiger partial charge < -0.3 is 5.73 Å². The number of hydrogen-bond acceptors (Lipinski definition) is 3. The molecule has 0 bridgehead atoms. The molecule has 5 nitrogen and oxygen atoms in total. The van der Waals surface area contributed by atoms with Crippen molar-refractivity contribution in [2.75, 3.05) is 6.54 Å². The molecule has 0 saturated carbocycles. The number of halogens is 1. The summed E-state index contributed by atoms with van der Waals surface area (Å²) in [4.78, 5) is 11.1. The van der Waals surface area contributed by atoms with Crippen LogP contribution in [0.1, 0.15) is 13.8 Å². The minimum atomic E-state index is -3.74. The van der Waals surface area contributed by atoms with Gasteiger partial charge in [0.1, 0.15) is 0 Å². The molecular formula is C11H15BrN2O3S. The average molecular weight is 335 g/mol. The average Bonchev–Trinajstić information content (AvgIpc) is 2.25. The highest BCUT2D eigenvalue weighted by atomic mass is 79.9. The Morgan fingerprint density at radius 3 is 2.39 bits per heavy atom. The predicted octanol–water partition coefficient (Wildman–Crippen LogP) is 1.33. The molecule has 7 heteroatoms. The zero-order valence-electron chi connectivity index (χ0n) is 10.1. The summed E-state index contributed by atoms with van der Waals surface area (Å²) in [5.41, 5.74) is 5.09. The monoisotopic (exact) mass is 334 g/mol. The molecule has 0 heterocycles. The van der Waals surface area contributed by atoms with Gasteiger partial charge in [0.25, 0.3) is 0 Å². The first-order valence-corrected chi connectivity index (χ1v) is 7.54. The third-order valence-electron chi connectivity index (χ3n) is 2.31. The maximum absolute atomic E-state index is 12.4. The lowest BCUT2D eigenvalue weighted by Crippen LogP contribution is -2.42. The van der Waals surface area contributed by atoms with E-state index in [1.807, 2.05) is 0 Å². The van der Waals surface area contributed by atoms with Gasteiger partial charge in [-0.2, -0.15) is 4.31 Å². The van der Waals surface area contributed by atoms with E-state index < -0.39 is 15.9 Å². The summed E-state index contributed by atoms with van der Waals surface area (Å²) in [7, 11) is -3.74. The van der Waals surface area contributed by atoms with Crippen LogP contribution in [0, 0.1) is 0 Å². The number of carbonyl (C=O) groups is 1. The fourth-order valence-corrected chi connectivity index (χ4v) is 4.05. The Labute approximate surface area is 115 Å². The van der Waals surface area contributed by atoms with E-state index in [0.29, 0.717) is 4.47 Å². The lowest BCUT2D eigenvalue weighted by molar-refractivity contribution is -0.118. The van der Waals surface area contributed by atoms with E-state index in [2.05, 4.69) is 15.9 Å². The summed E-state index contributed by atoms with van der Waals surface area (Å²) >= 11 is 3.19. The number of sulfonamides is 1. The van der Waals surface area contributed by atoms with Crippen LogP contribution in [0.5, 0.6) is 0 Å². The number of nitrogens with zero attached hydrogens (tertiary/aromatic N) is 1. The van der Waals surface area contributed by atoms with Gasteiger partial charge in [0, 0.05) is 10.5 Å². The van der Waals surface area contributed by atoms with Gasteiger partial charge in [-0.15, -0.1) is 0 Å². The van der Waals surface area contributed by atoms with Crippen molar-refractivity contribution in [1.29, 1.82) is 0 Å². The summed E-state index contributed by atoms with van der Waals surface area (Å²) < 4.78 is 26.4. The third-order valence-corrected chi connectivity index (χ3v) is 5.34. The van der Waals surface area contributed by atoms with E-state index in [4.69, 9.17) is 5.73 Å². The van der Waals surface area contributed by atoms with Gasteiger partial charge in [-0.05, 0) is 41.9 Å². The number of primary amides is 1. The van der Waals surface area contributed by atoms with Crippen molar-refractivity contribution in [2.45, 2.75) is 24.8 Å². The van der Waals surface area contributed by atoms with E-state index in [-0.39, 0.29) is 17.5 Å². The molecule has 18 heavy (non-hydrogen) atoms. The first kappa shape index (κ1) is 15.1. The van der Waals surface area contributed by atoms with Crippen LogP contribution < -0.4 is 5.73 Å². The molecule has 0 radical (unpaired) electrons. The Bertz CT molecular complexity index is 543. The third kappa shape index (κ3) is 3.30. The molecule has 0 fully saturated rings. The van der Waals surface area contributed by atoms with Crippen molar-refractivity contribution >= 4 is 31.9 Å². The Morgan fingerprint density at radius 2 is 1.94 bits per heavy atom. The molecule has 100 valence electrons. The molecule has 0 aliphatic heterocycles. The Kier molecular flexibility index (Phi) is 4.89. The van der Waals surface area contributed by atoms with Crippen LogP contribution in [0.2, 0.25) is 0 Å². The van der Waals surface area contributed by atoms with Gasteiger partial charge in [-0.25, -0.2) is 8.42 Å². The highest BCUT2D eigenvalue weighted by molar-refractivity contribution is 9.10.